The number of anilines is 1. The second-order valence-corrected chi connectivity index (χ2v) is 17.4. The van der Waals surface area contributed by atoms with Gasteiger partial charge in [-0.25, -0.2) is 4.90 Å². The first-order valence-corrected chi connectivity index (χ1v) is 21.0. The predicted molar refractivity (Wildman–Crippen MR) is 230 cm³/mol. The molecule has 59 heavy (non-hydrogen) atoms. The van der Waals surface area contributed by atoms with Crippen LogP contribution in [-0.4, -0.2) is 34.1 Å². The average Bonchev–Trinajstić information content (AvgIpc) is 4.03. The number of hydrogen-bond acceptors (Lipinski definition) is 6. The van der Waals surface area contributed by atoms with Crippen molar-refractivity contribution in [3.05, 3.63) is 148 Å². The summed E-state index contributed by atoms with van der Waals surface area (Å²) in [5, 5.41) is 0. The highest BCUT2D eigenvalue weighted by molar-refractivity contribution is 6.34. The van der Waals surface area contributed by atoms with E-state index in [1.165, 1.54) is 9.80 Å². The maximum absolute atomic E-state index is 13.7. The molecule has 5 aromatic carbocycles. The van der Waals surface area contributed by atoms with Crippen molar-refractivity contribution < 1.29 is 28.7 Å². The number of imide groups is 2. The van der Waals surface area contributed by atoms with Gasteiger partial charge in [0.25, 0.3) is 23.6 Å². The molecule has 1 aliphatic carbocycles. The fourth-order valence-corrected chi connectivity index (χ4v) is 9.02. The minimum absolute atomic E-state index is 0.0387. The molecule has 2 atom stereocenters. The number of ether oxygens (including phenoxy) is 2. The van der Waals surface area contributed by atoms with Crippen LogP contribution in [0.4, 0.5) is 5.69 Å². The van der Waals surface area contributed by atoms with E-state index in [9.17, 15) is 19.2 Å². The summed E-state index contributed by atoms with van der Waals surface area (Å²) in [6.07, 6.45) is 5.82. The molecule has 3 aliphatic rings. The molecule has 2 aliphatic heterocycles. The lowest BCUT2D eigenvalue weighted by Gasteiger charge is -2.37. The SMILES string of the molecule is CCCC(C)(CC)c1cccc(N2C(=O)c3ccc(Oc4ccc(C(C)(C)c5ccc(Oc6ccc7c(c6)C(=O)N(C(C)(CC)C6CC6)C7=O)cc5)cc4)cc3C2=O)c1. The number of carbonyl (C=O) groups excluding carboxylic acids is 4. The van der Waals surface area contributed by atoms with Crippen LogP contribution in [0.3, 0.4) is 0 Å². The zero-order chi connectivity index (χ0) is 41.9. The van der Waals surface area contributed by atoms with E-state index in [4.69, 9.17) is 9.47 Å². The third-order valence-electron chi connectivity index (χ3n) is 13.4. The van der Waals surface area contributed by atoms with E-state index in [1.54, 1.807) is 36.4 Å². The molecular weight excluding hydrogens is 737 g/mol. The van der Waals surface area contributed by atoms with Gasteiger partial charge in [-0.2, -0.15) is 0 Å². The fraction of sp³-hybridized carbons (Fsp3) is 0.333. The molecule has 0 radical (unpaired) electrons. The first-order valence-electron chi connectivity index (χ1n) is 21.0. The standard InChI is InChI=1S/C51H52N2O6/c1-8-28-50(6,9-2)35-12-11-13-36(29-35)52-45(54)41-26-24-39(30-43(41)46(52)55)58-37-20-16-32(17-21-37)49(4,5)33-18-22-38(23-19-33)59-40-25-27-42-44(31-40)48(57)53(47(42)56)51(7,10-3)34-14-15-34/h11-13,16-27,29-31,34H,8-10,14-15,28H2,1-7H3. The molecule has 0 N–H and O–H groups in total. The van der Waals surface area contributed by atoms with Crippen molar-refractivity contribution >= 4 is 29.3 Å². The van der Waals surface area contributed by atoms with Crippen LogP contribution in [0.15, 0.2) is 109 Å². The molecule has 0 saturated heterocycles. The van der Waals surface area contributed by atoms with Crippen LogP contribution in [-0.2, 0) is 10.8 Å². The third kappa shape index (κ3) is 6.92. The van der Waals surface area contributed by atoms with Gasteiger partial charge in [-0.3, -0.25) is 24.1 Å². The van der Waals surface area contributed by atoms with Gasteiger partial charge in [0.2, 0.25) is 0 Å². The van der Waals surface area contributed by atoms with Crippen LogP contribution in [0.5, 0.6) is 23.0 Å². The zero-order valence-corrected chi connectivity index (χ0v) is 35.1. The molecule has 8 heteroatoms. The molecule has 2 heterocycles. The molecule has 1 saturated carbocycles. The summed E-state index contributed by atoms with van der Waals surface area (Å²) in [5.41, 5.74) is 4.49. The maximum Gasteiger partial charge on any atom is 0.266 e. The van der Waals surface area contributed by atoms with Gasteiger partial charge >= 0.3 is 0 Å². The Balaban J connectivity index is 0.929. The first kappa shape index (κ1) is 39.8. The summed E-state index contributed by atoms with van der Waals surface area (Å²) in [6.45, 7) is 15.0. The minimum atomic E-state index is -0.473. The van der Waals surface area contributed by atoms with Crippen molar-refractivity contribution in [2.24, 2.45) is 5.92 Å². The van der Waals surface area contributed by atoms with E-state index in [-0.39, 0.29) is 34.5 Å². The van der Waals surface area contributed by atoms with Crippen molar-refractivity contribution in [3.8, 4) is 23.0 Å². The summed E-state index contributed by atoms with van der Waals surface area (Å²) in [7, 11) is 0. The largest absolute Gasteiger partial charge is 0.457 e. The molecule has 0 aromatic heterocycles. The highest BCUT2D eigenvalue weighted by Crippen LogP contribution is 2.48. The van der Waals surface area contributed by atoms with Gasteiger partial charge in [0.15, 0.2) is 0 Å². The van der Waals surface area contributed by atoms with Crippen LogP contribution >= 0.6 is 0 Å². The molecule has 2 unspecified atom stereocenters. The molecule has 8 nitrogen and oxygen atoms in total. The normalized spacial score (nSPS) is 17.1. The Bertz CT molecular complexity index is 2480. The van der Waals surface area contributed by atoms with Crippen molar-refractivity contribution in [3.63, 3.8) is 0 Å². The molecule has 1 fully saturated rings. The summed E-state index contributed by atoms with van der Waals surface area (Å²) >= 11 is 0. The van der Waals surface area contributed by atoms with Gasteiger partial charge in [-0.15, -0.1) is 0 Å². The Morgan fingerprint density at radius 1 is 0.542 bits per heavy atom. The number of carbonyl (C=O) groups is 4. The number of rotatable bonds is 14. The third-order valence-corrected chi connectivity index (χ3v) is 13.4. The Morgan fingerprint density at radius 2 is 1.03 bits per heavy atom. The topological polar surface area (TPSA) is 93.2 Å². The zero-order valence-electron chi connectivity index (χ0n) is 35.1. The van der Waals surface area contributed by atoms with Crippen LogP contribution in [0, 0.1) is 5.92 Å². The Labute approximate surface area is 347 Å². The van der Waals surface area contributed by atoms with Crippen molar-refractivity contribution in [1.82, 2.24) is 4.90 Å². The lowest BCUT2D eigenvalue weighted by Crippen LogP contribution is -2.50. The van der Waals surface area contributed by atoms with Gasteiger partial charge in [0, 0.05) is 5.41 Å². The molecule has 8 rings (SSSR count). The van der Waals surface area contributed by atoms with E-state index in [0.29, 0.717) is 56.9 Å². The monoisotopic (exact) mass is 788 g/mol. The van der Waals surface area contributed by atoms with Crippen LogP contribution in [0.2, 0.25) is 0 Å². The first-order chi connectivity index (χ1) is 28.2. The summed E-state index contributed by atoms with van der Waals surface area (Å²) in [6, 6.07) is 33.8. The summed E-state index contributed by atoms with van der Waals surface area (Å²) < 4.78 is 12.4. The number of amides is 4. The molecule has 4 amide bonds. The van der Waals surface area contributed by atoms with E-state index in [2.05, 4.69) is 40.7 Å². The maximum atomic E-state index is 13.7. The van der Waals surface area contributed by atoms with Gasteiger partial charge in [0.05, 0.1) is 33.5 Å². The summed E-state index contributed by atoms with van der Waals surface area (Å²) in [5.74, 6) is 1.40. The van der Waals surface area contributed by atoms with Crippen LogP contribution in [0.25, 0.3) is 0 Å². The Kier molecular flexibility index (Phi) is 10.1. The van der Waals surface area contributed by atoms with Gasteiger partial charge in [0.1, 0.15) is 23.0 Å². The van der Waals surface area contributed by atoms with Crippen LogP contribution in [0.1, 0.15) is 145 Å². The quantitative estimate of drug-likeness (QED) is 0.104. The molecule has 302 valence electrons. The molecule has 0 spiro atoms. The number of hydrogen-bond donors (Lipinski definition) is 0. The van der Waals surface area contributed by atoms with E-state index in [0.717, 1.165) is 55.2 Å². The average molecular weight is 789 g/mol. The fourth-order valence-electron chi connectivity index (χ4n) is 9.02. The minimum Gasteiger partial charge on any atom is -0.457 e. The second-order valence-electron chi connectivity index (χ2n) is 17.4. The lowest BCUT2D eigenvalue weighted by atomic mass is 9.76. The van der Waals surface area contributed by atoms with Crippen molar-refractivity contribution in [2.45, 2.75) is 103 Å². The number of fused-ring (bicyclic) bond motifs is 2. The predicted octanol–water partition coefficient (Wildman–Crippen LogP) is 12.0. The number of nitrogens with zero attached hydrogens (tertiary/aromatic N) is 2. The highest BCUT2D eigenvalue weighted by atomic mass is 16.5. The molecule has 0 bridgehead atoms. The summed E-state index contributed by atoms with van der Waals surface area (Å²) in [4.78, 5) is 56.9. The molecular formula is C51H52N2O6. The van der Waals surface area contributed by atoms with Crippen molar-refractivity contribution in [2.75, 3.05) is 4.90 Å². The van der Waals surface area contributed by atoms with Crippen LogP contribution < -0.4 is 14.4 Å². The highest BCUT2D eigenvalue weighted by Gasteiger charge is 2.52. The van der Waals surface area contributed by atoms with E-state index < -0.39 is 5.54 Å². The number of benzene rings is 5. The van der Waals surface area contributed by atoms with Gasteiger partial charge < -0.3 is 9.47 Å². The lowest BCUT2D eigenvalue weighted by molar-refractivity contribution is 0.0396. The van der Waals surface area contributed by atoms with Gasteiger partial charge in [-0.1, -0.05) is 84.4 Å². The Morgan fingerprint density at radius 3 is 1.54 bits per heavy atom. The van der Waals surface area contributed by atoms with E-state index >= 15 is 0 Å². The molecule has 5 aromatic rings. The van der Waals surface area contributed by atoms with Crippen molar-refractivity contribution in [1.29, 1.82) is 0 Å². The van der Waals surface area contributed by atoms with Gasteiger partial charge in [-0.05, 0) is 140 Å². The Hall–Kier alpha value is -6.02. The smallest absolute Gasteiger partial charge is 0.266 e. The van der Waals surface area contributed by atoms with E-state index in [1.807, 2.05) is 80.6 Å². The second kappa shape index (κ2) is 15.0.